The van der Waals surface area contributed by atoms with Crippen LogP contribution in [-0.4, -0.2) is 35.6 Å². The first kappa shape index (κ1) is 13.0. The van der Waals surface area contributed by atoms with Gasteiger partial charge in [-0.05, 0) is 17.7 Å². The van der Waals surface area contributed by atoms with Gasteiger partial charge < -0.3 is 15.7 Å². The fourth-order valence-electron chi connectivity index (χ4n) is 1.30. The first-order valence-corrected chi connectivity index (χ1v) is 5.30. The molecule has 0 heterocycles. The molecule has 0 radical (unpaired) electrons. The van der Waals surface area contributed by atoms with Crippen molar-refractivity contribution >= 4 is 17.5 Å². The molecule has 0 saturated carbocycles. The average molecular weight is 243 g/mol. The van der Waals surface area contributed by atoms with E-state index < -0.39 is 6.10 Å². The minimum atomic E-state index is -1.13. The maximum absolute atomic E-state index is 11.5. The van der Waals surface area contributed by atoms with E-state index in [0.29, 0.717) is 11.6 Å². The maximum atomic E-state index is 11.5. The second-order valence-electron chi connectivity index (χ2n) is 3.57. The molecule has 0 fully saturated rings. The molecule has 4 nitrogen and oxygen atoms in total. The molecule has 0 aromatic heterocycles. The van der Waals surface area contributed by atoms with E-state index in [-0.39, 0.29) is 12.5 Å². The van der Waals surface area contributed by atoms with E-state index in [1.165, 1.54) is 4.90 Å². The number of hydrogen-bond donors (Lipinski definition) is 2. The minimum absolute atomic E-state index is 0.0657. The number of aliphatic hydroxyl groups is 1. The van der Waals surface area contributed by atoms with E-state index in [9.17, 15) is 9.90 Å². The van der Waals surface area contributed by atoms with Crippen molar-refractivity contribution in [2.24, 2.45) is 5.73 Å². The quantitative estimate of drug-likeness (QED) is 0.814. The Morgan fingerprint density at radius 2 is 2.06 bits per heavy atom. The standard InChI is InChI=1S/C11H15ClN2O2/c1-14(11(16)10(15)6-13)7-8-2-4-9(12)5-3-8/h2-5,10,15H,6-7,13H2,1H3. The summed E-state index contributed by atoms with van der Waals surface area (Å²) >= 11 is 5.75. The molecule has 1 atom stereocenters. The van der Waals surface area contributed by atoms with Crippen LogP contribution in [0, 0.1) is 0 Å². The first-order valence-electron chi connectivity index (χ1n) is 4.92. The maximum Gasteiger partial charge on any atom is 0.252 e. The Hall–Kier alpha value is -1.10. The van der Waals surface area contributed by atoms with Gasteiger partial charge in [0.25, 0.3) is 5.91 Å². The summed E-state index contributed by atoms with van der Waals surface area (Å²) in [5, 5.41) is 9.93. The van der Waals surface area contributed by atoms with Gasteiger partial charge in [-0.25, -0.2) is 0 Å². The zero-order valence-electron chi connectivity index (χ0n) is 9.06. The predicted octanol–water partition coefficient (Wildman–Crippen LogP) is 0.618. The van der Waals surface area contributed by atoms with Gasteiger partial charge in [-0.3, -0.25) is 4.79 Å². The van der Waals surface area contributed by atoms with Gasteiger partial charge in [-0.2, -0.15) is 0 Å². The van der Waals surface area contributed by atoms with Crippen LogP contribution in [0.15, 0.2) is 24.3 Å². The first-order chi connectivity index (χ1) is 7.54. The van der Waals surface area contributed by atoms with Crippen molar-refractivity contribution < 1.29 is 9.90 Å². The molecule has 0 bridgehead atoms. The lowest BCUT2D eigenvalue weighted by Crippen LogP contribution is -2.40. The molecule has 0 spiro atoms. The van der Waals surface area contributed by atoms with Crippen molar-refractivity contribution in [3.63, 3.8) is 0 Å². The molecular weight excluding hydrogens is 228 g/mol. The highest BCUT2D eigenvalue weighted by atomic mass is 35.5. The minimum Gasteiger partial charge on any atom is -0.382 e. The number of aliphatic hydroxyl groups excluding tert-OH is 1. The summed E-state index contributed by atoms with van der Waals surface area (Å²) in [5.74, 6) is -0.377. The highest BCUT2D eigenvalue weighted by molar-refractivity contribution is 6.30. The predicted molar refractivity (Wildman–Crippen MR) is 63.0 cm³/mol. The fraction of sp³-hybridized carbons (Fsp3) is 0.364. The molecule has 1 amide bonds. The van der Waals surface area contributed by atoms with Crippen molar-refractivity contribution in [3.8, 4) is 0 Å². The largest absolute Gasteiger partial charge is 0.382 e. The summed E-state index contributed by atoms with van der Waals surface area (Å²) in [7, 11) is 1.62. The lowest BCUT2D eigenvalue weighted by Gasteiger charge is -2.19. The summed E-state index contributed by atoms with van der Waals surface area (Å²) in [6.07, 6.45) is -1.13. The molecule has 0 saturated heterocycles. The lowest BCUT2D eigenvalue weighted by molar-refractivity contribution is -0.138. The van der Waals surface area contributed by atoms with Gasteiger partial charge >= 0.3 is 0 Å². The molecule has 5 heteroatoms. The third-order valence-electron chi connectivity index (χ3n) is 2.22. The van der Waals surface area contributed by atoms with Crippen LogP contribution in [0.3, 0.4) is 0 Å². The van der Waals surface area contributed by atoms with Gasteiger partial charge in [0.2, 0.25) is 0 Å². The number of likely N-dealkylation sites (N-methyl/N-ethyl adjacent to an activating group) is 1. The van der Waals surface area contributed by atoms with E-state index in [4.69, 9.17) is 17.3 Å². The highest BCUT2D eigenvalue weighted by Gasteiger charge is 2.17. The molecular formula is C11H15ClN2O2. The molecule has 0 aliphatic rings. The number of benzene rings is 1. The van der Waals surface area contributed by atoms with Gasteiger partial charge in [0, 0.05) is 25.2 Å². The molecule has 1 aromatic rings. The molecule has 1 aromatic carbocycles. The summed E-state index contributed by atoms with van der Waals surface area (Å²) in [4.78, 5) is 12.9. The van der Waals surface area contributed by atoms with Crippen LogP contribution in [0.5, 0.6) is 0 Å². The van der Waals surface area contributed by atoms with Gasteiger partial charge in [-0.15, -0.1) is 0 Å². The summed E-state index contributed by atoms with van der Waals surface area (Å²) in [5.41, 5.74) is 6.16. The number of carbonyl (C=O) groups excluding carboxylic acids is 1. The van der Waals surface area contributed by atoms with Gasteiger partial charge in [0.15, 0.2) is 0 Å². The number of halogens is 1. The van der Waals surface area contributed by atoms with Crippen LogP contribution < -0.4 is 5.73 Å². The molecule has 88 valence electrons. The number of carbonyl (C=O) groups is 1. The zero-order valence-corrected chi connectivity index (χ0v) is 9.81. The fourth-order valence-corrected chi connectivity index (χ4v) is 1.42. The number of amides is 1. The van der Waals surface area contributed by atoms with Crippen molar-refractivity contribution in [2.75, 3.05) is 13.6 Å². The summed E-state index contributed by atoms with van der Waals surface area (Å²) < 4.78 is 0. The SMILES string of the molecule is CN(Cc1ccc(Cl)cc1)C(=O)C(O)CN. The van der Waals surface area contributed by atoms with Crippen molar-refractivity contribution in [2.45, 2.75) is 12.6 Å². The third kappa shape index (κ3) is 3.48. The Labute approximate surface area is 99.6 Å². The van der Waals surface area contributed by atoms with E-state index >= 15 is 0 Å². The Morgan fingerprint density at radius 3 is 2.56 bits per heavy atom. The van der Waals surface area contributed by atoms with Crippen LogP contribution in [0.2, 0.25) is 5.02 Å². The zero-order chi connectivity index (χ0) is 12.1. The van der Waals surface area contributed by atoms with Gasteiger partial charge in [0.05, 0.1) is 0 Å². The molecule has 1 rings (SSSR count). The van der Waals surface area contributed by atoms with Crippen molar-refractivity contribution in [1.29, 1.82) is 0 Å². The van der Waals surface area contributed by atoms with Crippen LogP contribution in [0.1, 0.15) is 5.56 Å². The van der Waals surface area contributed by atoms with Gasteiger partial charge in [-0.1, -0.05) is 23.7 Å². The van der Waals surface area contributed by atoms with Crippen LogP contribution in [0.25, 0.3) is 0 Å². The normalized spacial score (nSPS) is 12.2. The third-order valence-corrected chi connectivity index (χ3v) is 2.47. The van der Waals surface area contributed by atoms with Crippen molar-refractivity contribution in [3.05, 3.63) is 34.9 Å². The number of hydrogen-bond acceptors (Lipinski definition) is 3. The van der Waals surface area contributed by atoms with E-state index in [2.05, 4.69) is 0 Å². The molecule has 0 aliphatic heterocycles. The van der Waals surface area contributed by atoms with Crippen LogP contribution in [-0.2, 0) is 11.3 Å². The topological polar surface area (TPSA) is 66.6 Å². The second-order valence-corrected chi connectivity index (χ2v) is 4.01. The summed E-state index contributed by atoms with van der Waals surface area (Å²) in [6.45, 7) is 0.358. The Morgan fingerprint density at radius 1 is 1.50 bits per heavy atom. The molecule has 0 aliphatic carbocycles. The number of nitrogens with two attached hydrogens (primary N) is 1. The second kappa shape index (κ2) is 5.84. The van der Waals surface area contributed by atoms with Gasteiger partial charge in [0.1, 0.15) is 6.10 Å². The molecule has 16 heavy (non-hydrogen) atoms. The summed E-state index contributed by atoms with van der Waals surface area (Å²) in [6, 6.07) is 7.19. The van der Waals surface area contributed by atoms with E-state index in [1.807, 2.05) is 12.1 Å². The lowest BCUT2D eigenvalue weighted by atomic mass is 10.2. The highest BCUT2D eigenvalue weighted by Crippen LogP contribution is 2.11. The molecule has 1 unspecified atom stereocenters. The monoisotopic (exact) mass is 242 g/mol. The average Bonchev–Trinajstić information content (AvgIpc) is 2.30. The number of rotatable bonds is 4. The Bertz CT molecular complexity index is 354. The smallest absolute Gasteiger partial charge is 0.252 e. The molecule has 3 N–H and O–H groups in total. The van der Waals surface area contributed by atoms with E-state index in [1.54, 1.807) is 19.2 Å². The van der Waals surface area contributed by atoms with E-state index in [0.717, 1.165) is 5.56 Å². The van der Waals surface area contributed by atoms with Crippen molar-refractivity contribution in [1.82, 2.24) is 4.90 Å². The van der Waals surface area contributed by atoms with Crippen LogP contribution >= 0.6 is 11.6 Å². The number of nitrogens with zero attached hydrogens (tertiary/aromatic N) is 1. The Balaban J connectivity index is 2.60. The van der Waals surface area contributed by atoms with Crippen LogP contribution in [0.4, 0.5) is 0 Å². The Kier molecular flexibility index (Phi) is 4.73.